The molecule has 0 aliphatic heterocycles. The summed E-state index contributed by atoms with van der Waals surface area (Å²) in [7, 11) is 1.56. The first-order chi connectivity index (χ1) is 12.5. The third-order valence-corrected chi connectivity index (χ3v) is 3.87. The minimum Gasteiger partial charge on any atom is -0.496 e. The van der Waals surface area contributed by atoms with Crippen molar-refractivity contribution in [2.45, 2.75) is 13.5 Å². The lowest BCUT2D eigenvalue weighted by Crippen LogP contribution is -2.03. The fourth-order valence-corrected chi connectivity index (χ4v) is 2.57. The number of nitro groups is 1. The quantitative estimate of drug-likeness (QED) is 0.307. The molecule has 0 spiro atoms. The van der Waals surface area contributed by atoms with Crippen LogP contribution >= 0.6 is 12.2 Å². The average Bonchev–Trinajstić information content (AvgIpc) is 3.21. The number of ether oxygens (including phenoxy) is 1. The van der Waals surface area contributed by atoms with Gasteiger partial charge in [-0.15, -0.1) is 0 Å². The van der Waals surface area contributed by atoms with E-state index in [4.69, 9.17) is 17.0 Å². The number of aromatic nitrogens is 5. The fraction of sp³-hybridized carbons (Fsp3) is 0.200. The van der Waals surface area contributed by atoms with Gasteiger partial charge in [0.05, 0.1) is 24.8 Å². The molecule has 3 aromatic rings. The number of aromatic amines is 1. The second-order valence-electron chi connectivity index (χ2n) is 5.36. The molecule has 26 heavy (non-hydrogen) atoms. The SMILES string of the molecule is COc1ccc(C=Nn2c(C)n[nH]c2=S)cc1Cn1cc([N+](=O)[O-])cn1. The van der Waals surface area contributed by atoms with Crippen LogP contribution in [0.15, 0.2) is 35.7 Å². The molecule has 134 valence electrons. The summed E-state index contributed by atoms with van der Waals surface area (Å²) in [5.41, 5.74) is 1.55. The topological polar surface area (TPSA) is 116 Å². The molecule has 0 radical (unpaired) electrons. The molecule has 0 amide bonds. The zero-order valence-electron chi connectivity index (χ0n) is 14.0. The van der Waals surface area contributed by atoms with Crippen LogP contribution in [-0.2, 0) is 6.54 Å². The fourth-order valence-electron chi connectivity index (χ4n) is 2.34. The number of rotatable bonds is 6. The smallest absolute Gasteiger partial charge is 0.307 e. The van der Waals surface area contributed by atoms with Crippen LogP contribution < -0.4 is 4.74 Å². The van der Waals surface area contributed by atoms with Crippen LogP contribution in [0.5, 0.6) is 5.75 Å². The van der Waals surface area contributed by atoms with Crippen LogP contribution in [0.1, 0.15) is 17.0 Å². The molecule has 0 aliphatic rings. The monoisotopic (exact) mass is 373 g/mol. The maximum absolute atomic E-state index is 10.8. The van der Waals surface area contributed by atoms with E-state index in [-0.39, 0.29) is 5.69 Å². The summed E-state index contributed by atoms with van der Waals surface area (Å²) in [6.07, 6.45) is 4.22. The van der Waals surface area contributed by atoms with Crippen LogP contribution in [-0.4, -0.2) is 42.9 Å². The summed E-state index contributed by atoms with van der Waals surface area (Å²) < 4.78 is 8.75. The second kappa shape index (κ2) is 7.27. The van der Waals surface area contributed by atoms with Crippen LogP contribution in [0.25, 0.3) is 0 Å². The van der Waals surface area contributed by atoms with Crippen molar-refractivity contribution in [3.05, 3.63) is 62.4 Å². The average molecular weight is 373 g/mol. The van der Waals surface area contributed by atoms with Gasteiger partial charge in [0.2, 0.25) is 4.77 Å². The molecule has 11 heteroatoms. The Balaban J connectivity index is 1.88. The Labute approximate surface area is 152 Å². The molecule has 0 fully saturated rings. The molecule has 1 N–H and O–H groups in total. The van der Waals surface area contributed by atoms with E-state index in [1.54, 1.807) is 26.3 Å². The number of benzene rings is 1. The van der Waals surface area contributed by atoms with Gasteiger partial charge in [-0.2, -0.15) is 20.0 Å². The minimum absolute atomic E-state index is 0.0634. The highest BCUT2D eigenvalue weighted by molar-refractivity contribution is 7.71. The van der Waals surface area contributed by atoms with Crippen LogP contribution in [0.2, 0.25) is 0 Å². The largest absolute Gasteiger partial charge is 0.496 e. The summed E-state index contributed by atoms with van der Waals surface area (Å²) in [5, 5.41) is 25.8. The van der Waals surface area contributed by atoms with E-state index in [1.165, 1.54) is 21.8 Å². The van der Waals surface area contributed by atoms with Crippen molar-refractivity contribution in [2.75, 3.05) is 7.11 Å². The molecule has 10 nitrogen and oxygen atoms in total. The number of hydrogen-bond acceptors (Lipinski definition) is 7. The van der Waals surface area contributed by atoms with Crippen molar-refractivity contribution in [3.8, 4) is 5.75 Å². The molecule has 0 saturated carbocycles. The second-order valence-corrected chi connectivity index (χ2v) is 5.74. The first-order valence-electron chi connectivity index (χ1n) is 7.50. The van der Waals surface area contributed by atoms with Gasteiger partial charge in [-0.3, -0.25) is 19.9 Å². The van der Waals surface area contributed by atoms with Gasteiger partial charge < -0.3 is 4.74 Å². The van der Waals surface area contributed by atoms with Gasteiger partial charge in [0, 0.05) is 5.56 Å². The van der Waals surface area contributed by atoms with Gasteiger partial charge in [-0.25, -0.2) is 0 Å². The Morgan fingerprint density at radius 1 is 1.50 bits per heavy atom. The number of nitrogens with one attached hydrogen (secondary N) is 1. The molecule has 2 aromatic heterocycles. The Hall–Kier alpha value is -3.34. The number of methoxy groups -OCH3 is 1. The first kappa shape index (κ1) is 17.5. The summed E-state index contributed by atoms with van der Waals surface area (Å²) in [5.74, 6) is 1.29. The van der Waals surface area contributed by atoms with Gasteiger partial charge in [-0.1, -0.05) is 0 Å². The maximum atomic E-state index is 10.8. The number of hydrogen-bond donors (Lipinski definition) is 1. The van der Waals surface area contributed by atoms with Crippen molar-refractivity contribution < 1.29 is 9.66 Å². The Bertz CT molecular complexity index is 1030. The zero-order chi connectivity index (χ0) is 18.7. The van der Waals surface area contributed by atoms with E-state index in [9.17, 15) is 10.1 Å². The summed E-state index contributed by atoms with van der Waals surface area (Å²) in [4.78, 5) is 10.3. The summed E-state index contributed by atoms with van der Waals surface area (Å²) >= 11 is 5.11. The highest BCUT2D eigenvalue weighted by Gasteiger charge is 2.11. The van der Waals surface area contributed by atoms with E-state index >= 15 is 0 Å². The third-order valence-electron chi connectivity index (χ3n) is 3.60. The Morgan fingerprint density at radius 3 is 2.92 bits per heavy atom. The molecule has 0 saturated heterocycles. The van der Waals surface area contributed by atoms with Crippen molar-refractivity contribution in [2.24, 2.45) is 5.10 Å². The minimum atomic E-state index is -0.485. The molecular weight excluding hydrogens is 358 g/mol. The van der Waals surface area contributed by atoms with Crippen LogP contribution in [0.4, 0.5) is 5.69 Å². The van der Waals surface area contributed by atoms with Crippen molar-refractivity contribution >= 4 is 24.1 Å². The Kier molecular flexibility index (Phi) is 4.89. The third kappa shape index (κ3) is 3.67. The van der Waals surface area contributed by atoms with Crippen molar-refractivity contribution in [3.63, 3.8) is 0 Å². The lowest BCUT2D eigenvalue weighted by molar-refractivity contribution is -0.385. The molecule has 0 unspecified atom stereocenters. The molecule has 2 heterocycles. The first-order valence-corrected chi connectivity index (χ1v) is 7.91. The van der Waals surface area contributed by atoms with Crippen LogP contribution in [0, 0.1) is 21.8 Å². The molecule has 0 aliphatic carbocycles. The molecular formula is C15H15N7O3S. The number of nitrogens with zero attached hydrogens (tertiary/aromatic N) is 6. The van der Waals surface area contributed by atoms with Gasteiger partial charge in [0.25, 0.3) is 0 Å². The van der Waals surface area contributed by atoms with Gasteiger partial charge in [0.1, 0.15) is 24.0 Å². The zero-order valence-corrected chi connectivity index (χ0v) is 14.8. The lowest BCUT2D eigenvalue weighted by Gasteiger charge is -2.09. The normalized spacial score (nSPS) is 11.2. The molecule has 3 rings (SSSR count). The van der Waals surface area contributed by atoms with Crippen molar-refractivity contribution in [1.29, 1.82) is 0 Å². The predicted octanol–water partition coefficient (Wildman–Crippen LogP) is 2.29. The maximum Gasteiger partial charge on any atom is 0.307 e. The van der Waals surface area contributed by atoms with E-state index in [1.807, 2.05) is 12.1 Å². The van der Waals surface area contributed by atoms with E-state index in [2.05, 4.69) is 20.4 Å². The molecule has 0 atom stereocenters. The highest BCUT2D eigenvalue weighted by Crippen LogP contribution is 2.21. The summed E-state index contributed by atoms with van der Waals surface area (Å²) in [6, 6.07) is 5.52. The molecule has 1 aromatic carbocycles. The number of aryl methyl sites for hydroxylation is 1. The van der Waals surface area contributed by atoms with Crippen molar-refractivity contribution in [1.82, 2.24) is 24.7 Å². The van der Waals surface area contributed by atoms with Crippen LogP contribution in [0.3, 0.4) is 0 Å². The summed E-state index contributed by atoms with van der Waals surface area (Å²) in [6.45, 7) is 2.11. The van der Waals surface area contributed by atoms with Gasteiger partial charge in [-0.05, 0) is 42.9 Å². The lowest BCUT2D eigenvalue weighted by atomic mass is 10.1. The van der Waals surface area contributed by atoms with E-state index < -0.39 is 4.92 Å². The van der Waals surface area contributed by atoms with Gasteiger partial charge >= 0.3 is 5.69 Å². The standard InChI is InChI=1S/C15H15N7O3S/c1-10-18-19-15(26)21(10)17-6-11-3-4-14(25-2)12(5-11)8-20-9-13(7-16-20)22(23)24/h3-7,9H,8H2,1-2H3,(H,19,26). The highest BCUT2D eigenvalue weighted by atomic mass is 32.1. The molecule has 0 bridgehead atoms. The van der Waals surface area contributed by atoms with E-state index in [0.29, 0.717) is 22.9 Å². The predicted molar refractivity (Wildman–Crippen MR) is 96.1 cm³/mol. The van der Waals surface area contributed by atoms with Gasteiger partial charge in [0.15, 0.2) is 0 Å². The Morgan fingerprint density at radius 2 is 2.31 bits per heavy atom. The number of H-pyrrole nitrogens is 1. The van der Waals surface area contributed by atoms with E-state index in [0.717, 1.165) is 11.1 Å².